The van der Waals surface area contributed by atoms with Crippen molar-refractivity contribution in [2.24, 2.45) is 0 Å². The van der Waals surface area contributed by atoms with Gasteiger partial charge in [0, 0.05) is 31.5 Å². The summed E-state index contributed by atoms with van der Waals surface area (Å²) in [5.41, 5.74) is 2.06. The van der Waals surface area contributed by atoms with Crippen LogP contribution in [-0.2, 0) is 6.54 Å². The van der Waals surface area contributed by atoms with Crippen molar-refractivity contribution in [1.29, 1.82) is 0 Å². The smallest absolute Gasteiger partial charge is 0.320 e. The predicted octanol–water partition coefficient (Wildman–Crippen LogP) is 2.38. The van der Waals surface area contributed by atoms with Crippen LogP contribution in [-0.4, -0.2) is 30.3 Å². The van der Waals surface area contributed by atoms with Crippen LogP contribution < -0.4 is 15.5 Å². The Kier molecular flexibility index (Phi) is 4.57. The topological polar surface area (TPSA) is 66.2 Å². The zero-order chi connectivity index (χ0) is 14.5. The van der Waals surface area contributed by atoms with Crippen molar-refractivity contribution in [3.05, 3.63) is 30.2 Å². The first kappa shape index (κ1) is 14.3. The summed E-state index contributed by atoms with van der Waals surface area (Å²) in [5.74, 6) is 0.575. The van der Waals surface area contributed by atoms with E-state index in [-0.39, 0.29) is 0 Å². The van der Waals surface area contributed by atoms with Crippen molar-refractivity contribution >= 4 is 17.4 Å². The summed E-state index contributed by atoms with van der Waals surface area (Å²) >= 11 is 0. The van der Waals surface area contributed by atoms with Gasteiger partial charge in [-0.2, -0.15) is 0 Å². The third kappa shape index (κ3) is 3.96. The second-order valence-electron chi connectivity index (χ2n) is 5.10. The van der Waals surface area contributed by atoms with E-state index in [9.17, 15) is 0 Å². The highest BCUT2D eigenvalue weighted by Crippen LogP contribution is 2.19. The Morgan fingerprint density at radius 1 is 1.15 bits per heavy atom. The third-order valence-corrected chi connectivity index (χ3v) is 2.76. The van der Waals surface area contributed by atoms with Crippen molar-refractivity contribution in [1.82, 2.24) is 15.5 Å². The van der Waals surface area contributed by atoms with Crippen LogP contribution in [0.5, 0.6) is 0 Å². The molecule has 6 nitrogen and oxygen atoms in total. The third-order valence-electron chi connectivity index (χ3n) is 2.76. The van der Waals surface area contributed by atoms with Gasteiger partial charge in [0.2, 0.25) is 5.89 Å². The summed E-state index contributed by atoms with van der Waals surface area (Å²) in [5, 5.41) is 14.3. The number of hydrogen-bond acceptors (Lipinski definition) is 6. The van der Waals surface area contributed by atoms with Crippen molar-refractivity contribution in [3.63, 3.8) is 0 Å². The summed E-state index contributed by atoms with van der Waals surface area (Å²) in [4.78, 5) is 2.05. The van der Waals surface area contributed by atoms with E-state index >= 15 is 0 Å². The van der Waals surface area contributed by atoms with E-state index in [1.807, 2.05) is 43.3 Å². The number of hydrogen-bond donors (Lipinski definition) is 2. The summed E-state index contributed by atoms with van der Waals surface area (Å²) in [6, 6.07) is 8.80. The van der Waals surface area contributed by atoms with Crippen LogP contribution in [0, 0.1) is 0 Å². The molecule has 0 radical (unpaired) electrons. The Balaban J connectivity index is 1.96. The molecule has 1 aromatic heterocycles. The van der Waals surface area contributed by atoms with Gasteiger partial charge in [-0.1, -0.05) is 18.9 Å². The average Bonchev–Trinajstić information content (AvgIpc) is 2.84. The molecule has 6 heteroatoms. The average molecular weight is 275 g/mol. The number of rotatable bonds is 6. The van der Waals surface area contributed by atoms with Crippen LogP contribution in [0.3, 0.4) is 0 Å². The molecule has 20 heavy (non-hydrogen) atoms. The minimum Gasteiger partial charge on any atom is -0.406 e. The van der Waals surface area contributed by atoms with Crippen LogP contribution in [0.2, 0.25) is 0 Å². The Bertz CT molecular complexity index is 533. The van der Waals surface area contributed by atoms with Crippen LogP contribution in [0.15, 0.2) is 28.7 Å². The highest BCUT2D eigenvalue weighted by Gasteiger charge is 2.06. The van der Waals surface area contributed by atoms with Crippen LogP contribution in [0.25, 0.3) is 0 Å². The van der Waals surface area contributed by atoms with Gasteiger partial charge in [0.05, 0.1) is 6.54 Å². The monoisotopic (exact) mass is 275 g/mol. The lowest BCUT2D eigenvalue weighted by atomic mass is 10.2. The van der Waals surface area contributed by atoms with E-state index in [0.717, 1.165) is 11.4 Å². The van der Waals surface area contributed by atoms with E-state index in [2.05, 4.69) is 34.7 Å². The Hall–Kier alpha value is -2.08. The highest BCUT2D eigenvalue weighted by molar-refractivity contribution is 5.58. The van der Waals surface area contributed by atoms with Crippen molar-refractivity contribution in [2.75, 3.05) is 24.3 Å². The molecule has 1 heterocycles. The first-order chi connectivity index (χ1) is 9.54. The second kappa shape index (κ2) is 6.38. The standard InChI is InChI=1S/C14H21N5O/c1-10(2)15-9-13-17-18-14(20-13)16-11-5-7-12(8-6-11)19(3)4/h5-8,10,15H,9H2,1-4H3,(H,16,18). The first-order valence-corrected chi connectivity index (χ1v) is 6.65. The fraction of sp³-hybridized carbons (Fsp3) is 0.429. The van der Waals surface area contributed by atoms with Crippen LogP contribution in [0.1, 0.15) is 19.7 Å². The normalized spacial score (nSPS) is 10.8. The van der Waals surface area contributed by atoms with E-state index < -0.39 is 0 Å². The lowest BCUT2D eigenvalue weighted by molar-refractivity contribution is 0.460. The Labute approximate surface area is 119 Å². The molecule has 0 fully saturated rings. The minimum atomic E-state index is 0.386. The van der Waals surface area contributed by atoms with Gasteiger partial charge < -0.3 is 20.0 Å². The molecular formula is C14H21N5O. The van der Waals surface area contributed by atoms with Crippen molar-refractivity contribution in [3.8, 4) is 0 Å². The molecule has 0 bridgehead atoms. The predicted molar refractivity (Wildman–Crippen MR) is 80.3 cm³/mol. The molecule has 1 aromatic carbocycles. The van der Waals surface area contributed by atoms with Gasteiger partial charge in [-0.05, 0) is 24.3 Å². The highest BCUT2D eigenvalue weighted by atomic mass is 16.4. The minimum absolute atomic E-state index is 0.386. The summed E-state index contributed by atoms with van der Waals surface area (Å²) in [6.07, 6.45) is 0. The second-order valence-corrected chi connectivity index (χ2v) is 5.10. The maximum absolute atomic E-state index is 5.51. The SMILES string of the molecule is CC(C)NCc1nnc(Nc2ccc(N(C)C)cc2)o1. The molecule has 0 spiro atoms. The number of aromatic nitrogens is 2. The summed E-state index contributed by atoms with van der Waals surface area (Å²) in [7, 11) is 4.02. The zero-order valence-corrected chi connectivity index (χ0v) is 12.3. The molecule has 0 atom stereocenters. The van der Waals surface area contributed by atoms with Gasteiger partial charge in [-0.15, -0.1) is 5.10 Å². The van der Waals surface area contributed by atoms with Gasteiger partial charge in [0.15, 0.2) is 0 Å². The number of anilines is 3. The van der Waals surface area contributed by atoms with Crippen LogP contribution in [0.4, 0.5) is 17.4 Å². The lowest BCUT2D eigenvalue weighted by Gasteiger charge is -2.12. The number of benzene rings is 1. The zero-order valence-electron chi connectivity index (χ0n) is 12.3. The van der Waals surface area contributed by atoms with Gasteiger partial charge >= 0.3 is 6.01 Å². The molecule has 0 saturated heterocycles. The fourth-order valence-electron chi connectivity index (χ4n) is 1.63. The van der Waals surface area contributed by atoms with Gasteiger partial charge in [-0.25, -0.2) is 0 Å². The number of nitrogens with one attached hydrogen (secondary N) is 2. The molecule has 0 saturated carbocycles. The summed E-state index contributed by atoms with van der Waals surface area (Å²) in [6.45, 7) is 4.72. The molecular weight excluding hydrogens is 254 g/mol. The molecule has 108 valence electrons. The van der Waals surface area contributed by atoms with Crippen molar-refractivity contribution < 1.29 is 4.42 Å². The first-order valence-electron chi connectivity index (χ1n) is 6.65. The molecule has 0 aliphatic carbocycles. The van der Waals surface area contributed by atoms with Gasteiger partial charge in [0.1, 0.15) is 0 Å². The largest absolute Gasteiger partial charge is 0.406 e. The summed E-state index contributed by atoms with van der Waals surface area (Å²) < 4.78 is 5.51. The maximum Gasteiger partial charge on any atom is 0.320 e. The molecule has 0 aliphatic rings. The van der Waals surface area contributed by atoms with Crippen molar-refractivity contribution in [2.45, 2.75) is 26.4 Å². The van der Waals surface area contributed by atoms with E-state index in [4.69, 9.17) is 4.42 Å². The molecule has 2 aromatic rings. The van der Waals surface area contributed by atoms with E-state index in [0.29, 0.717) is 24.5 Å². The Morgan fingerprint density at radius 2 is 1.85 bits per heavy atom. The van der Waals surface area contributed by atoms with Gasteiger partial charge in [0.25, 0.3) is 0 Å². The molecule has 0 amide bonds. The maximum atomic E-state index is 5.51. The van der Waals surface area contributed by atoms with E-state index in [1.165, 1.54) is 0 Å². The lowest BCUT2D eigenvalue weighted by Crippen LogP contribution is -2.21. The molecule has 2 N–H and O–H groups in total. The fourth-order valence-corrected chi connectivity index (χ4v) is 1.63. The van der Waals surface area contributed by atoms with Crippen LogP contribution >= 0.6 is 0 Å². The Morgan fingerprint density at radius 3 is 2.45 bits per heavy atom. The van der Waals surface area contributed by atoms with Gasteiger partial charge in [-0.3, -0.25) is 0 Å². The number of nitrogens with zero attached hydrogens (tertiary/aromatic N) is 3. The molecule has 2 rings (SSSR count). The molecule has 0 unspecified atom stereocenters. The van der Waals surface area contributed by atoms with E-state index in [1.54, 1.807) is 0 Å². The quantitative estimate of drug-likeness (QED) is 0.843. The molecule has 0 aliphatic heterocycles.